The molecule has 5 aromatic rings. The quantitative estimate of drug-likeness (QED) is 0.340. The summed E-state index contributed by atoms with van der Waals surface area (Å²) in [7, 11) is 0. The van der Waals surface area contributed by atoms with Gasteiger partial charge in [0, 0.05) is 16.3 Å². The molecule has 123 valence electrons. The van der Waals surface area contributed by atoms with Gasteiger partial charge in [0.05, 0.1) is 0 Å². The van der Waals surface area contributed by atoms with E-state index in [-0.39, 0.29) is 5.75 Å². The lowest BCUT2D eigenvalue weighted by Gasteiger charge is -2.11. The number of fused-ring (bicyclic) bond motifs is 3. The Bertz CT molecular complexity index is 1230. The standard InChI is InChI=1S/C24H15O2/c25-17-13-14-18(16-7-2-1-3-8-16)22(15-17)21-11-6-10-20-19-9-4-5-12-23(19)26-24(20)21/h1-15H. The second-order valence-electron chi connectivity index (χ2n) is 6.35. The molecule has 0 aliphatic rings. The van der Waals surface area contributed by atoms with Crippen molar-refractivity contribution in [1.29, 1.82) is 0 Å². The Morgan fingerprint density at radius 1 is 0.577 bits per heavy atom. The molecule has 1 heterocycles. The van der Waals surface area contributed by atoms with E-state index in [1.807, 2.05) is 54.6 Å². The fraction of sp³-hybridized carbons (Fsp3) is 0. The SMILES string of the molecule is [O]c1ccc(-c2ccccc2)c(-c2cccc3c2oc2ccccc23)c1. The second kappa shape index (κ2) is 5.78. The highest BCUT2D eigenvalue weighted by Crippen LogP contribution is 2.40. The highest BCUT2D eigenvalue weighted by Gasteiger charge is 2.16. The summed E-state index contributed by atoms with van der Waals surface area (Å²) in [6, 6.07) is 29.5. The fourth-order valence-electron chi connectivity index (χ4n) is 3.57. The zero-order valence-electron chi connectivity index (χ0n) is 14.0. The molecule has 5 rings (SSSR count). The zero-order chi connectivity index (χ0) is 17.5. The summed E-state index contributed by atoms with van der Waals surface area (Å²) in [6.45, 7) is 0. The van der Waals surface area contributed by atoms with Crippen LogP contribution in [0.25, 0.3) is 44.2 Å². The van der Waals surface area contributed by atoms with Crippen LogP contribution in [0.5, 0.6) is 5.75 Å². The van der Waals surface area contributed by atoms with E-state index in [4.69, 9.17) is 4.42 Å². The van der Waals surface area contributed by atoms with Crippen LogP contribution in [0.1, 0.15) is 0 Å². The van der Waals surface area contributed by atoms with Crippen molar-refractivity contribution in [3.8, 4) is 28.0 Å². The molecule has 2 heteroatoms. The van der Waals surface area contributed by atoms with Crippen LogP contribution in [-0.4, -0.2) is 0 Å². The first-order valence-corrected chi connectivity index (χ1v) is 8.58. The molecule has 0 unspecified atom stereocenters. The molecule has 1 aromatic heterocycles. The lowest BCUT2D eigenvalue weighted by atomic mass is 9.93. The Morgan fingerprint density at radius 3 is 2.23 bits per heavy atom. The van der Waals surface area contributed by atoms with E-state index in [0.717, 1.165) is 44.2 Å². The smallest absolute Gasteiger partial charge is 0.179 e. The molecule has 4 aromatic carbocycles. The third kappa shape index (κ3) is 2.27. The highest BCUT2D eigenvalue weighted by molar-refractivity contribution is 6.10. The molecule has 0 N–H and O–H groups in total. The largest absolute Gasteiger partial charge is 0.455 e. The van der Waals surface area contributed by atoms with Gasteiger partial charge in [0.25, 0.3) is 0 Å². The van der Waals surface area contributed by atoms with Crippen molar-refractivity contribution in [3.63, 3.8) is 0 Å². The minimum Gasteiger partial charge on any atom is -0.455 e. The Morgan fingerprint density at radius 2 is 1.35 bits per heavy atom. The summed E-state index contributed by atoms with van der Waals surface area (Å²) in [5, 5.41) is 14.3. The third-order valence-corrected chi connectivity index (χ3v) is 4.77. The average Bonchev–Trinajstić information content (AvgIpc) is 3.07. The second-order valence-corrected chi connectivity index (χ2v) is 6.35. The normalized spacial score (nSPS) is 11.2. The average molecular weight is 335 g/mol. The lowest BCUT2D eigenvalue weighted by Crippen LogP contribution is -1.85. The van der Waals surface area contributed by atoms with Gasteiger partial charge in [-0.25, -0.2) is 0 Å². The first-order chi connectivity index (χ1) is 12.8. The summed E-state index contributed by atoms with van der Waals surface area (Å²) in [5.74, 6) is -0.00667. The molecule has 2 nitrogen and oxygen atoms in total. The van der Waals surface area contributed by atoms with Crippen molar-refractivity contribution in [1.82, 2.24) is 0 Å². The Kier molecular flexibility index (Phi) is 3.29. The van der Waals surface area contributed by atoms with Gasteiger partial charge in [-0.05, 0) is 41.0 Å². The first-order valence-electron chi connectivity index (χ1n) is 8.58. The minimum absolute atomic E-state index is 0.00667. The monoisotopic (exact) mass is 335 g/mol. The molecule has 0 atom stereocenters. The molecule has 0 amide bonds. The summed E-state index contributed by atoms with van der Waals surface area (Å²) < 4.78 is 6.17. The van der Waals surface area contributed by atoms with Crippen LogP contribution in [0.15, 0.2) is 95.4 Å². The van der Waals surface area contributed by atoms with Crippen molar-refractivity contribution in [2.24, 2.45) is 0 Å². The molecule has 0 bridgehead atoms. The van der Waals surface area contributed by atoms with E-state index in [9.17, 15) is 5.11 Å². The number of hydrogen-bond donors (Lipinski definition) is 0. The summed E-state index contributed by atoms with van der Waals surface area (Å²) in [6.07, 6.45) is 0. The maximum atomic E-state index is 12.1. The van der Waals surface area contributed by atoms with E-state index < -0.39 is 0 Å². The van der Waals surface area contributed by atoms with Gasteiger partial charge in [0.1, 0.15) is 11.2 Å². The van der Waals surface area contributed by atoms with Gasteiger partial charge in [-0.1, -0.05) is 66.7 Å². The molecular formula is C24H15O2. The molecule has 0 spiro atoms. The van der Waals surface area contributed by atoms with Gasteiger partial charge in [-0.15, -0.1) is 0 Å². The van der Waals surface area contributed by atoms with E-state index in [0.29, 0.717) is 0 Å². The van der Waals surface area contributed by atoms with E-state index in [2.05, 4.69) is 24.3 Å². The Hall–Kier alpha value is -3.52. The van der Waals surface area contributed by atoms with E-state index in [1.165, 1.54) is 0 Å². The van der Waals surface area contributed by atoms with E-state index >= 15 is 0 Å². The van der Waals surface area contributed by atoms with Crippen LogP contribution < -0.4 is 0 Å². The van der Waals surface area contributed by atoms with Gasteiger partial charge in [0.2, 0.25) is 0 Å². The van der Waals surface area contributed by atoms with Crippen LogP contribution in [0.3, 0.4) is 0 Å². The molecule has 0 saturated carbocycles. The maximum absolute atomic E-state index is 12.1. The van der Waals surface area contributed by atoms with Crippen molar-refractivity contribution >= 4 is 21.9 Å². The van der Waals surface area contributed by atoms with Gasteiger partial charge in [-0.2, -0.15) is 0 Å². The first kappa shape index (κ1) is 14.8. The third-order valence-electron chi connectivity index (χ3n) is 4.77. The molecule has 26 heavy (non-hydrogen) atoms. The highest BCUT2D eigenvalue weighted by atomic mass is 16.3. The number of benzene rings is 4. The number of rotatable bonds is 2. The molecule has 0 fully saturated rings. The fourth-order valence-corrected chi connectivity index (χ4v) is 3.57. The summed E-state index contributed by atoms with van der Waals surface area (Å²) in [5.41, 5.74) is 5.61. The Balaban J connectivity index is 1.85. The van der Waals surface area contributed by atoms with Crippen molar-refractivity contribution in [2.45, 2.75) is 0 Å². The topological polar surface area (TPSA) is 33.0 Å². The van der Waals surface area contributed by atoms with Gasteiger partial charge in [0.15, 0.2) is 5.75 Å². The zero-order valence-corrected chi connectivity index (χ0v) is 14.0. The molecular weight excluding hydrogens is 320 g/mol. The van der Waals surface area contributed by atoms with Crippen LogP contribution in [0, 0.1) is 0 Å². The molecule has 1 radical (unpaired) electrons. The summed E-state index contributed by atoms with van der Waals surface area (Å²) >= 11 is 0. The summed E-state index contributed by atoms with van der Waals surface area (Å²) in [4.78, 5) is 0. The van der Waals surface area contributed by atoms with Crippen molar-refractivity contribution in [2.75, 3.05) is 0 Å². The van der Waals surface area contributed by atoms with E-state index in [1.54, 1.807) is 12.1 Å². The number of hydrogen-bond acceptors (Lipinski definition) is 1. The molecule has 0 aliphatic heterocycles. The maximum Gasteiger partial charge on any atom is 0.179 e. The van der Waals surface area contributed by atoms with Gasteiger partial charge < -0.3 is 4.42 Å². The van der Waals surface area contributed by atoms with Crippen LogP contribution >= 0.6 is 0 Å². The van der Waals surface area contributed by atoms with Gasteiger partial charge in [-0.3, -0.25) is 5.11 Å². The van der Waals surface area contributed by atoms with Crippen LogP contribution in [0.4, 0.5) is 0 Å². The predicted octanol–water partition coefficient (Wildman–Crippen LogP) is 7.06. The van der Waals surface area contributed by atoms with Crippen molar-refractivity contribution < 1.29 is 9.52 Å². The lowest BCUT2D eigenvalue weighted by molar-refractivity contribution is 0.355. The molecule has 0 aliphatic carbocycles. The number of para-hydroxylation sites is 2. The van der Waals surface area contributed by atoms with Crippen LogP contribution in [0.2, 0.25) is 0 Å². The minimum atomic E-state index is -0.00667. The Labute approximate surface area is 150 Å². The van der Waals surface area contributed by atoms with Gasteiger partial charge >= 0.3 is 0 Å². The van der Waals surface area contributed by atoms with Crippen LogP contribution in [-0.2, 0) is 5.11 Å². The van der Waals surface area contributed by atoms with Crippen molar-refractivity contribution in [3.05, 3.63) is 91.0 Å². The number of furan rings is 1. The predicted molar refractivity (Wildman–Crippen MR) is 105 cm³/mol. The molecule has 0 saturated heterocycles.